The van der Waals surface area contributed by atoms with E-state index in [4.69, 9.17) is 16.3 Å². The van der Waals surface area contributed by atoms with Gasteiger partial charge in [-0.15, -0.1) is 0 Å². The molecule has 4 heteroatoms. The van der Waals surface area contributed by atoms with E-state index < -0.39 is 0 Å². The molecule has 0 spiro atoms. The normalized spacial score (nSPS) is 19.9. The maximum atomic E-state index is 13.2. The van der Waals surface area contributed by atoms with Gasteiger partial charge in [0.25, 0.3) is 0 Å². The summed E-state index contributed by atoms with van der Waals surface area (Å²) >= 11 is 6.20. The average Bonchev–Trinajstić information content (AvgIpc) is 2.96. The van der Waals surface area contributed by atoms with Gasteiger partial charge >= 0.3 is 0 Å². The van der Waals surface area contributed by atoms with Crippen molar-refractivity contribution in [3.8, 4) is 0 Å². The van der Waals surface area contributed by atoms with Gasteiger partial charge in [0.05, 0.1) is 6.10 Å². The van der Waals surface area contributed by atoms with Crippen LogP contribution in [0.3, 0.4) is 0 Å². The molecular weight excluding hydrogens is 289 g/mol. The smallest absolute Gasteiger partial charge is 0.124 e. The van der Waals surface area contributed by atoms with Crippen molar-refractivity contribution in [2.24, 2.45) is 0 Å². The highest BCUT2D eigenvalue weighted by molar-refractivity contribution is 6.31. The van der Waals surface area contributed by atoms with Gasteiger partial charge < -0.3 is 10.1 Å². The van der Waals surface area contributed by atoms with Crippen molar-refractivity contribution in [1.82, 2.24) is 5.32 Å². The predicted octanol–water partition coefficient (Wildman–Crippen LogP) is 4.87. The Hall–Kier alpha value is -0.640. The molecule has 1 aromatic carbocycles. The zero-order valence-electron chi connectivity index (χ0n) is 12.7. The highest BCUT2D eigenvalue weighted by Gasteiger charge is 2.18. The van der Waals surface area contributed by atoms with E-state index in [-0.39, 0.29) is 11.9 Å². The van der Waals surface area contributed by atoms with Crippen LogP contribution in [-0.4, -0.2) is 19.3 Å². The maximum Gasteiger partial charge on any atom is 0.124 e. The first kappa shape index (κ1) is 16.7. The summed E-state index contributed by atoms with van der Waals surface area (Å²) in [5, 5.41) is 4.04. The van der Waals surface area contributed by atoms with Gasteiger partial charge in [0.1, 0.15) is 5.82 Å². The molecule has 1 aromatic rings. The lowest BCUT2D eigenvalue weighted by molar-refractivity contribution is 0.101. The number of ether oxygens (including phenoxy) is 1. The molecule has 2 atom stereocenters. The Morgan fingerprint density at radius 3 is 3.00 bits per heavy atom. The van der Waals surface area contributed by atoms with E-state index in [0.717, 1.165) is 44.4 Å². The average molecular weight is 314 g/mol. The second kappa shape index (κ2) is 8.72. The minimum Gasteiger partial charge on any atom is -0.378 e. The molecule has 1 heterocycles. The van der Waals surface area contributed by atoms with Crippen LogP contribution >= 0.6 is 11.6 Å². The van der Waals surface area contributed by atoms with Gasteiger partial charge in [0.2, 0.25) is 0 Å². The summed E-state index contributed by atoms with van der Waals surface area (Å²) in [6.07, 6.45) is 7.08. The molecule has 0 saturated carbocycles. The summed E-state index contributed by atoms with van der Waals surface area (Å²) in [4.78, 5) is 0. The molecule has 0 aromatic heterocycles. The van der Waals surface area contributed by atoms with Crippen molar-refractivity contribution in [3.05, 3.63) is 34.6 Å². The molecule has 1 fully saturated rings. The fourth-order valence-corrected chi connectivity index (χ4v) is 3.19. The summed E-state index contributed by atoms with van der Waals surface area (Å²) in [7, 11) is 0. The van der Waals surface area contributed by atoms with Crippen LogP contribution < -0.4 is 5.32 Å². The Labute approximate surface area is 132 Å². The van der Waals surface area contributed by atoms with Crippen molar-refractivity contribution < 1.29 is 9.13 Å². The largest absolute Gasteiger partial charge is 0.378 e. The third-order valence-electron chi connectivity index (χ3n) is 4.02. The van der Waals surface area contributed by atoms with Gasteiger partial charge in [-0.05, 0) is 62.8 Å². The molecule has 2 nitrogen and oxygen atoms in total. The quantitative estimate of drug-likeness (QED) is 0.739. The molecule has 1 aliphatic heterocycles. The second-order valence-electron chi connectivity index (χ2n) is 5.74. The van der Waals surface area contributed by atoms with Crippen LogP contribution in [0.4, 0.5) is 4.39 Å². The number of nitrogens with one attached hydrogen (secondary N) is 1. The lowest BCUT2D eigenvalue weighted by Crippen LogP contribution is -2.23. The van der Waals surface area contributed by atoms with Crippen molar-refractivity contribution in [2.75, 3.05) is 13.2 Å². The highest BCUT2D eigenvalue weighted by Crippen LogP contribution is 2.28. The van der Waals surface area contributed by atoms with Gasteiger partial charge in [0.15, 0.2) is 0 Å². The van der Waals surface area contributed by atoms with Gasteiger partial charge in [-0.2, -0.15) is 0 Å². The van der Waals surface area contributed by atoms with Gasteiger partial charge in [-0.3, -0.25) is 0 Å². The van der Waals surface area contributed by atoms with Crippen LogP contribution in [0.2, 0.25) is 5.02 Å². The Bertz CT molecular complexity index is 435. The van der Waals surface area contributed by atoms with E-state index in [1.165, 1.54) is 25.0 Å². The molecule has 2 unspecified atom stereocenters. The summed E-state index contributed by atoms with van der Waals surface area (Å²) in [5.41, 5.74) is 0.999. The summed E-state index contributed by atoms with van der Waals surface area (Å²) in [6, 6.07) is 4.88. The predicted molar refractivity (Wildman–Crippen MR) is 85.3 cm³/mol. The molecule has 2 rings (SSSR count). The zero-order chi connectivity index (χ0) is 15.1. The number of halogens is 2. The van der Waals surface area contributed by atoms with Crippen molar-refractivity contribution in [1.29, 1.82) is 0 Å². The number of benzene rings is 1. The minimum atomic E-state index is -0.280. The van der Waals surface area contributed by atoms with E-state index in [9.17, 15) is 4.39 Å². The van der Waals surface area contributed by atoms with Crippen molar-refractivity contribution in [2.45, 2.75) is 57.6 Å². The maximum absolute atomic E-state index is 13.2. The zero-order valence-corrected chi connectivity index (χ0v) is 13.5. The van der Waals surface area contributed by atoms with Crippen LogP contribution in [-0.2, 0) is 4.74 Å². The number of rotatable bonds is 8. The van der Waals surface area contributed by atoms with E-state index in [1.807, 2.05) is 0 Å². The first-order chi connectivity index (χ1) is 10.2. The molecule has 1 saturated heterocycles. The molecule has 0 aliphatic carbocycles. The van der Waals surface area contributed by atoms with Crippen molar-refractivity contribution in [3.63, 3.8) is 0 Å². The second-order valence-corrected chi connectivity index (χ2v) is 6.15. The van der Waals surface area contributed by atoms with E-state index in [1.54, 1.807) is 6.07 Å². The third kappa shape index (κ3) is 5.24. The molecular formula is C17H25ClFNO. The van der Waals surface area contributed by atoms with Crippen LogP contribution in [0.25, 0.3) is 0 Å². The van der Waals surface area contributed by atoms with Crippen LogP contribution in [0.1, 0.15) is 57.1 Å². The SMILES string of the molecule is CCCNC(CCCC1CCCO1)c1ccc(F)cc1Cl. The summed E-state index contributed by atoms with van der Waals surface area (Å²) in [5.74, 6) is -0.280. The Kier molecular flexibility index (Phi) is 6.94. The van der Waals surface area contributed by atoms with Gasteiger partial charge in [-0.25, -0.2) is 4.39 Å². The first-order valence-electron chi connectivity index (χ1n) is 8.00. The molecule has 0 bridgehead atoms. The van der Waals surface area contributed by atoms with E-state index in [0.29, 0.717) is 11.1 Å². The highest BCUT2D eigenvalue weighted by atomic mass is 35.5. The standard InChI is InChI=1S/C17H25ClFNO/c1-2-10-20-17(7-3-5-14-6-4-11-21-14)15-9-8-13(19)12-16(15)18/h8-9,12,14,17,20H,2-7,10-11H2,1H3. The number of hydrogen-bond acceptors (Lipinski definition) is 2. The third-order valence-corrected chi connectivity index (χ3v) is 4.35. The van der Waals surface area contributed by atoms with Crippen LogP contribution in [0, 0.1) is 5.82 Å². The first-order valence-corrected chi connectivity index (χ1v) is 8.38. The Morgan fingerprint density at radius 2 is 2.33 bits per heavy atom. The fourth-order valence-electron chi connectivity index (χ4n) is 2.89. The lowest BCUT2D eigenvalue weighted by Gasteiger charge is -2.21. The van der Waals surface area contributed by atoms with E-state index >= 15 is 0 Å². The van der Waals surface area contributed by atoms with Crippen molar-refractivity contribution >= 4 is 11.6 Å². The molecule has 0 amide bonds. The summed E-state index contributed by atoms with van der Waals surface area (Å²) in [6.45, 7) is 3.99. The van der Waals surface area contributed by atoms with Crippen LogP contribution in [0.15, 0.2) is 18.2 Å². The van der Waals surface area contributed by atoms with Gasteiger partial charge in [0, 0.05) is 17.7 Å². The molecule has 1 aliphatic rings. The Morgan fingerprint density at radius 1 is 1.48 bits per heavy atom. The number of hydrogen-bond donors (Lipinski definition) is 1. The molecule has 21 heavy (non-hydrogen) atoms. The topological polar surface area (TPSA) is 21.3 Å². The fraction of sp³-hybridized carbons (Fsp3) is 0.647. The molecule has 0 radical (unpaired) electrons. The minimum absolute atomic E-state index is 0.194. The molecule has 1 N–H and O–H groups in total. The van der Waals surface area contributed by atoms with E-state index in [2.05, 4.69) is 12.2 Å². The molecule has 118 valence electrons. The van der Waals surface area contributed by atoms with Crippen LogP contribution in [0.5, 0.6) is 0 Å². The lowest BCUT2D eigenvalue weighted by atomic mass is 9.99. The summed E-state index contributed by atoms with van der Waals surface area (Å²) < 4.78 is 18.9. The Balaban J connectivity index is 1.92. The monoisotopic (exact) mass is 313 g/mol. The van der Waals surface area contributed by atoms with Gasteiger partial charge in [-0.1, -0.05) is 24.6 Å².